The molecule has 1 aromatic rings. The number of nitrogens with zero attached hydrogens (tertiary/aromatic N) is 3. The van der Waals surface area contributed by atoms with E-state index < -0.39 is 5.60 Å². The van der Waals surface area contributed by atoms with Crippen molar-refractivity contribution in [3.8, 4) is 0 Å². The lowest BCUT2D eigenvalue weighted by molar-refractivity contribution is 0.0336. The second-order valence-corrected chi connectivity index (χ2v) is 7.26. The van der Waals surface area contributed by atoms with E-state index in [9.17, 15) is 5.11 Å². The minimum Gasteiger partial charge on any atom is -0.388 e. The summed E-state index contributed by atoms with van der Waals surface area (Å²) in [5.41, 5.74) is 1.61. The van der Waals surface area contributed by atoms with E-state index in [0.717, 1.165) is 12.2 Å². The molecule has 0 bridgehead atoms. The lowest BCUT2D eigenvalue weighted by Crippen LogP contribution is -2.45. The molecule has 5 nitrogen and oxygen atoms in total. The van der Waals surface area contributed by atoms with E-state index in [1.54, 1.807) is 0 Å². The zero-order valence-corrected chi connectivity index (χ0v) is 14.0. The fourth-order valence-electron chi connectivity index (χ4n) is 2.50. The number of rotatable bonds is 6. The van der Waals surface area contributed by atoms with Gasteiger partial charge < -0.3 is 15.3 Å². The Hall–Kier alpha value is -0.910. The van der Waals surface area contributed by atoms with Crippen LogP contribution in [0.25, 0.3) is 0 Å². The Morgan fingerprint density at radius 1 is 1.30 bits per heavy atom. The van der Waals surface area contributed by atoms with Crippen LogP contribution in [-0.2, 0) is 19.0 Å². The fourth-order valence-corrected chi connectivity index (χ4v) is 2.50. The maximum absolute atomic E-state index is 10.3. The van der Waals surface area contributed by atoms with E-state index in [2.05, 4.69) is 31.2 Å². The van der Waals surface area contributed by atoms with Gasteiger partial charge in [0.15, 0.2) is 0 Å². The molecule has 5 heteroatoms. The van der Waals surface area contributed by atoms with Crippen LogP contribution in [0, 0.1) is 0 Å². The predicted molar refractivity (Wildman–Crippen MR) is 82.8 cm³/mol. The van der Waals surface area contributed by atoms with Crippen LogP contribution in [-0.4, -0.2) is 52.6 Å². The second-order valence-electron chi connectivity index (χ2n) is 7.26. The van der Waals surface area contributed by atoms with Crippen molar-refractivity contribution >= 4 is 0 Å². The van der Waals surface area contributed by atoms with Crippen LogP contribution in [0.2, 0.25) is 0 Å². The molecule has 0 aliphatic rings. The maximum Gasteiger partial charge on any atom is 0.0869 e. The molecule has 0 saturated heterocycles. The zero-order chi connectivity index (χ0) is 15.6. The number of hydrogen-bond donors (Lipinski definition) is 2. The van der Waals surface area contributed by atoms with Crippen molar-refractivity contribution in [1.29, 1.82) is 0 Å². The second kappa shape index (κ2) is 6.24. The van der Waals surface area contributed by atoms with Gasteiger partial charge in [-0.2, -0.15) is 5.10 Å². The van der Waals surface area contributed by atoms with E-state index in [1.807, 2.05) is 43.8 Å². The minimum absolute atomic E-state index is 0.0322. The average Bonchev–Trinajstić information content (AvgIpc) is 2.56. The van der Waals surface area contributed by atoms with Crippen LogP contribution in [0.3, 0.4) is 0 Å². The van der Waals surface area contributed by atoms with E-state index in [4.69, 9.17) is 0 Å². The first kappa shape index (κ1) is 17.1. The molecule has 0 aliphatic heterocycles. The van der Waals surface area contributed by atoms with Gasteiger partial charge in [0.2, 0.25) is 0 Å². The van der Waals surface area contributed by atoms with Gasteiger partial charge in [0.25, 0.3) is 0 Å². The van der Waals surface area contributed by atoms with Gasteiger partial charge in [-0.1, -0.05) is 20.8 Å². The number of aliphatic hydroxyl groups is 1. The van der Waals surface area contributed by atoms with Crippen molar-refractivity contribution < 1.29 is 5.11 Å². The molecular weight excluding hydrogens is 252 g/mol. The first-order chi connectivity index (χ1) is 9.01. The molecule has 1 heterocycles. The third kappa shape index (κ3) is 5.23. The zero-order valence-electron chi connectivity index (χ0n) is 14.0. The Morgan fingerprint density at radius 3 is 2.40 bits per heavy atom. The largest absolute Gasteiger partial charge is 0.388 e. The number of aryl methyl sites for hydroxylation is 1. The van der Waals surface area contributed by atoms with Crippen molar-refractivity contribution in [3.63, 3.8) is 0 Å². The molecule has 1 aromatic heterocycles. The van der Waals surface area contributed by atoms with Crippen molar-refractivity contribution in [1.82, 2.24) is 20.0 Å². The average molecular weight is 282 g/mol. The Morgan fingerprint density at radius 2 is 1.90 bits per heavy atom. The predicted octanol–water partition coefficient (Wildman–Crippen LogP) is 1.12. The third-order valence-corrected chi connectivity index (χ3v) is 3.09. The summed E-state index contributed by atoms with van der Waals surface area (Å²) < 4.78 is 1.86. The molecule has 1 rings (SSSR count). The summed E-state index contributed by atoms with van der Waals surface area (Å²) in [5, 5.41) is 18.2. The fraction of sp³-hybridized carbons (Fsp3) is 0.800. The molecule has 1 atom stereocenters. The third-order valence-electron chi connectivity index (χ3n) is 3.09. The van der Waals surface area contributed by atoms with Crippen molar-refractivity contribution in [2.75, 3.05) is 27.2 Å². The summed E-state index contributed by atoms with van der Waals surface area (Å²) in [6.07, 6.45) is 2.05. The van der Waals surface area contributed by atoms with Gasteiger partial charge in [0, 0.05) is 43.9 Å². The first-order valence-corrected chi connectivity index (χ1v) is 7.12. The SMILES string of the molecule is CN(C)CC(C)(O)CNCc1cn(C)nc1C(C)(C)C. The Labute approximate surface area is 123 Å². The molecule has 0 fully saturated rings. The summed E-state index contributed by atoms with van der Waals surface area (Å²) in [5.74, 6) is 0. The smallest absolute Gasteiger partial charge is 0.0869 e. The summed E-state index contributed by atoms with van der Waals surface area (Å²) in [7, 11) is 5.88. The molecule has 0 saturated carbocycles. The maximum atomic E-state index is 10.3. The van der Waals surface area contributed by atoms with E-state index in [1.165, 1.54) is 5.56 Å². The lowest BCUT2D eigenvalue weighted by atomic mass is 9.89. The lowest BCUT2D eigenvalue weighted by Gasteiger charge is -2.27. The highest BCUT2D eigenvalue weighted by Gasteiger charge is 2.23. The normalized spacial score (nSPS) is 15.7. The molecule has 0 aromatic carbocycles. The van der Waals surface area contributed by atoms with Crippen LogP contribution in [0.4, 0.5) is 0 Å². The number of nitrogens with one attached hydrogen (secondary N) is 1. The highest BCUT2D eigenvalue weighted by atomic mass is 16.3. The standard InChI is InChI=1S/C15H30N4O/c1-14(2,3)13-12(9-19(7)17-13)8-16-10-15(4,20)11-18(5)6/h9,16,20H,8,10-11H2,1-7H3. The Kier molecular flexibility index (Phi) is 5.35. The minimum atomic E-state index is -0.729. The van der Waals surface area contributed by atoms with Gasteiger partial charge >= 0.3 is 0 Å². The van der Waals surface area contributed by atoms with Crippen molar-refractivity contribution in [2.45, 2.75) is 45.3 Å². The Bertz CT molecular complexity index is 430. The van der Waals surface area contributed by atoms with Crippen LogP contribution >= 0.6 is 0 Å². The van der Waals surface area contributed by atoms with E-state index in [0.29, 0.717) is 13.1 Å². The van der Waals surface area contributed by atoms with Gasteiger partial charge in [-0.15, -0.1) is 0 Å². The molecule has 2 N–H and O–H groups in total. The van der Waals surface area contributed by atoms with Crippen LogP contribution in [0.5, 0.6) is 0 Å². The first-order valence-electron chi connectivity index (χ1n) is 7.12. The highest BCUT2D eigenvalue weighted by molar-refractivity contribution is 5.23. The topological polar surface area (TPSA) is 53.3 Å². The van der Waals surface area contributed by atoms with E-state index in [-0.39, 0.29) is 5.41 Å². The van der Waals surface area contributed by atoms with Gasteiger partial charge in [-0.05, 0) is 21.0 Å². The molecule has 0 radical (unpaired) electrons. The molecule has 1 unspecified atom stereocenters. The molecular formula is C15H30N4O. The van der Waals surface area contributed by atoms with Gasteiger partial charge in [0.05, 0.1) is 11.3 Å². The molecule has 0 aliphatic carbocycles. The van der Waals surface area contributed by atoms with E-state index >= 15 is 0 Å². The van der Waals surface area contributed by atoms with Crippen LogP contribution in [0.1, 0.15) is 39.0 Å². The number of hydrogen-bond acceptors (Lipinski definition) is 4. The Balaban J connectivity index is 2.63. The monoisotopic (exact) mass is 282 g/mol. The van der Waals surface area contributed by atoms with Crippen molar-refractivity contribution in [3.05, 3.63) is 17.5 Å². The summed E-state index contributed by atoms with van der Waals surface area (Å²) in [6, 6.07) is 0. The van der Waals surface area contributed by atoms with Crippen LogP contribution < -0.4 is 5.32 Å². The van der Waals surface area contributed by atoms with Gasteiger partial charge in [-0.25, -0.2) is 0 Å². The summed E-state index contributed by atoms with van der Waals surface area (Å²) in [4.78, 5) is 1.99. The summed E-state index contributed by atoms with van der Waals surface area (Å²) >= 11 is 0. The van der Waals surface area contributed by atoms with Crippen LogP contribution in [0.15, 0.2) is 6.20 Å². The van der Waals surface area contributed by atoms with Gasteiger partial charge in [-0.3, -0.25) is 4.68 Å². The molecule has 20 heavy (non-hydrogen) atoms. The molecule has 116 valence electrons. The number of likely N-dealkylation sites (N-methyl/N-ethyl adjacent to an activating group) is 1. The van der Waals surface area contributed by atoms with Gasteiger partial charge in [0.1, 0.15) is 0 Å². The molecule has 0 amide bonds. The summed E-state index contributed by atoms with van der Waals surface area (Å²) in [6.45, 7) is 10.3. The highest BCUT2D eigenvalue weighted by Crippen LogP contribution is 2.24. The quantitative estimate of drug-likeness (QED) is 0.821. The van der Waals surface area contributed by atoms with Crippen molar-refractivity contribution in [2.24, 2.45) is 7.05 Å². The number of aromatic nitrogens is 2. The molecule has 0 spiro atoms.